The van der Waals surface area contributed by atoms with Gasteiger partial charge >= 0.3 is 0 Å². The number of aromatic amines is 1. The smallest absolute Gasteiger partial charge is 0.267 e. The van der Waals surface area contributed by atoms with Crippen LogP contribution in [0.15, 0.2) is 90.0 Å². The van der Waals surface area contributed by atoms with Crippen LogP contribution in [0.4, 0.5) is 5.82 Å². The molecule has 50 heavy (non-hydrogen) atoms. The van der Waals surface area contributed by atoms with E-state index in [-0.39, 0.29) is 28.5 Å². The summed E-state index contributed by atoms with van der Waals surface area (Å²) in [6.45, 7) is 2.10. The van der Waals surface area contributed by atoms with Gasteiger partial charge in [0.25, 0.3) is 17.4 Å². The number of halogens is 2. The van der Waals surface area contributed by atoms with Crippen LogP contribution in [-0.4, -0.2) is 51.1 Å². The second kappa shape index (κ2) is 11.1. The first-order valence-corrected chi connectivity index (χ1v) is 16.6. The Morgan fingerprint density at radius 1 is 0.880 bits per heavy atom. The summed E-state index contributed by atoms with van der Waals surface area (Å²) in [7, 11) is 1.78. The first kappa shape index (κ1) is 30.2. The van der Waals surface area contributed by atoms with Gasteiger partial charge in [-0.05, 0) is 66.4 Å². The van der Waals surface area contributed by atoms with Gasteiger partial charge in [-0.1, -0.05) is 53.5 Å². The zero-order valence-corrected chi connectivity index (χ0v) is 28.0. The molecule has 12 nitrogen and oxygen atoms in total. The van der Waals surface area contributed by atoms with Crippen molar-refractivity contribution in [2.24, 2.45) is 13.0 Å². The van der Waals surface area contributed by atoms with Gasteiger partial charge in [-0.3, -0.25) is 19.1 Å². The topological polar surface area (TPSA) is 137 Å². The Bertz CT molecular complexity index is 2600. The molecule has 6 heterocycles. The maximum atomic E-state index is 13.8. The van der Waals surface area contributed by atoms with Crippen LogP contribution in [0.2, 0.25) is 10.2 Å². The summed E-state index contributed by atoms with van der Waals surface area (Å²) in [6.07, 6.45) is 4.01. The van der Waals surface area contributed by atoms with Crippen LogP contribution in [0.3, 0.4) is 0 Å². The van der Waals surface area contributed by atoms with Gasteiger partial charge in [0.2, 0.25) is 0 Å². The number of rotatable bonds is 5. The van der Waals surface area contributed by atoms with Crippen molar-refractivity contribution in [3.8, 4) is 28.1 Å². The first-order chi connectivity index (χ1) is 24.2. The summed E-state index contributed by atoms with van der Waals surface area (Å²) >= 11 is 12.4. The second-order valence-corrected chi connectivity index (χ2v) is 13.4. The minimum absolute atomic E-state index is 0.0756. The van der Waals surface area contributed by atoms with Crippen molar-refractivity contribution in [1.82, 2.24) is 39.3 Å². The molecule has 2 amide bonds. The SMILES string of the molecule is C[C@H]1Cc2cc(-c3cc(Cl)ccc3-n3cc(Cl)nn3)cc(=O)n2[C@@H]1c1ncc(-c2ccc3c(N4C(=O)c5ccccc5C4=O)nn(C)c3c2)[nH]1. The van der Waals surface area contributed by atoms with E-state index in [0.717, 1.165) is 32.9 Å². The molecule has 246 valence electrons. The molecule has 0 saturated carbocycles. The van der Waals surface area contributed by atoms with Gasteiger partial charge in [0.05, 0.1) is 46.5 Å². The molecule has 0 aliphatic carbocycles. The molecular weight excluding hydrogens is 677 g/mol. The molecule has 0 fully saturated rings. The van der Waals surface area contributed by atoms with Gasteiger partial charge in [0.15, 0.2) is 11.0 Å². The summed E-state index contributed by atoms with van der Waals surface area (Å²) in [6, 6.07) is 21.2. The van der Waals surface area contributed by atoms with Crippen LogP contribution < -0.4 is 10.5 Å². The van der Waals surface area contributed by atoms with Gasteiger partial charge in [0.1, 0.15) is 5.82 Å². The highest BCUT2D eigenvalue weighted by Crippen LogP contribution is 2.39. The maximum absolute atomic E-state index is 13.8. The largest absolute Gasteiger partial charge is 0.340 e. The van der Waals surface area contributed by atoms with Gasteiger partial charge in [-0.25, -0.2) is 14.6 Å². The number of carbonyl (C=O) groups excluding carboxylic acids is 2. The lowest BCUT2D eigenvalue weighted by atomic mass is 10.0. The Morgan fingerprint density at radius 2 is 1.66 bits per heavy atom. The highest BCUT2D eigenvalue weighted by atomic mass is 35.5. The van der Waals surface area contributed by atoms with Crippen molar-refractivity contribution in [2.75, 3.05) is 4.90 Å². The number of imide groups is 1. The van der Waals surface area contributed by atoms with E-state index in [4.69, 9.17) is 28.2 Å². The van der Waals surface area contributed by atoms with Gasteiger partial charge in [-0.15, -0.1) is 5.10 Å². The lowest BCUT2D eigenvalue weighted by molar-refractivity contribution is 0.0925. The summed E-state index contributed by atoms with van der Waals surface area (Å²) in [5.74, 6) is 0.240. The molecule has 0 radical (unpaired) electrons. The molecule has 0 unspecified atom stereocenters. The maximum Gasteiger partial charge on any atom is 0.267 e. The molecule has 2 atom stereocenters. The Morgan fingerprint density at radius 3 is 2.40 bits per heavy atom. The molecule has 3 aromatic carbocycles. The predicted octanol–water partition coefficient (Wildman–Crippen LogP) is 6.26. The number of benzene rings is 3. The van der Waals surface area contributed by atoms with Crippen molar-refractivity contribution >= 4 is 51.7 Å². The fourth-order valence-electron chi connectivity index (χ4n) is 7.24. The third-order valence-corrected chi connectivity index (χ3v) is 9.91. The van der Waals surface area contributed by atoms with Crippen LogP contribution in [0, 0.1) is 5.92 Å². The van der Waals surface area contributed by atoms with Crippen molar-refractivity contribution in [3.63, 3.8) is 0 Å². The van der Waals surface area contributed by atoms with E-state index in [1.165, 1.54) is 0 Å². The number of nitrogens with one attached hydrogen (secondary N) is 1. The molecule has 2 aliphatic rings. The Hall–Kier alpha value is -5.85. The van der Waals surface area contributed by atoms with E-state index in [1.54, 1.807) is 75.8 Å². The second-order valence-electron chi connectivity index (χ2n) is 12.6. The molecular formula is C36H25Cl2N9O3. The van der Waals surface area contributed by atoms with Gasteiger partial charge in [-0.2, -0.15) is 5.10 Å². The van der Waals surface area contributed by atoms with Crippen molar-refractivity contribution in [2.45, 2.75) is 19.4 Å². The fraction of sp³-hybridized carbons (Fsp3) is 0.139. The molecule has 2 aliphatic heterocycles. The summed E-state index contributed by atoms with van der Waals surface area (Å²) in [4.78, 5) is 49.6. The summed E-state index contributed by atoms with van der Waals surface area (Å²) < 4.78 is 5.01. The molecule has 9 rings (SSSR count). The Labute approximate surface area is 293 Å². The Kier molecular flexibility index (Phi) is 6.70. The van der Waals surface area contributed by atoms with Crippen LogP contribution in [-0.2, 0) is 13.5 Å². The number of anilines is 1. The number of imidazole rings is 1. The molecule has 0 bridgehead atoms. The number of carbonyl (C=O) groups is 2. The minimum Gasteiger partial charge on any atom is -0.340 e. The molecule has 0 saturated heterocycles. The van der Waals surface area contributed by atoms with Gasteiger partial charge < -0.3 is 9.55 Å². The van der Waals surface area contributed by atoms with Crippen molar-refractivity contribution < 1.29 is 9.59 Å². The number of amides is 2. The molecule has 1 N–H and O–H groups in total. The van der Waals surface area contributed by atoms with E-state index in [9.17, 15) is 14.4 Å². The number of aromatic nitrogens is 8. The number of H-pyrrole nitrogens is 1. The summed E-state index contributed by atoms with van der Waals surface area (Å²) in [5.41, 5.74) is 5.90. The van der Waals surface area contributed by atoms with Crippen LogP contribution in [0.1, 0.15) is 45.2 Å². The zero-order chi connectivity index (χ0) is 34.4. The number of hydrogen-bond acceptors (Lipinski definition) is 7. The van der Waals surface area contributed by atoms with E-state index in [1.807, 2.05) is 30.3 Å². The van der Waals surface area contributed by atoms with Crippen LogP contribution in [0.25, 0.3) is 39.0 Å². The standard InChI is InChI=1S/C36H25Cl2N9O3/c1-18-11-22-12-20(26-15-21(37)8-10-28(26)45-17-30(38)41-43-45)14-31(48)46(22)32(18)33-39-16-27(40-33)19-7-9-25-29(13-19)44(2)42-34(25)47-35(49)23-5-3-4-6-24(23)36(47)50/h3-10,12-18,32H,11H2,1-2H3,(H,39,40)/t18-,32-/m0/s1. The van der Waals surface area contributed by atoms with Crippen molar-refractivity contribution in [1.29, 1.82) is 0 Å². The monoisotopic (exact) mass is 701 g/mol. The van der Waals surface area contributed by atoms with E-state index in [2.05, 4.69) is 27.3 Å². The van der Waals surface area contributed by atoms with E-state index < -0.39 is 11.8 Å². The summed E-state index contributed by atoms with van der Waals surface area (Å²) in [5, 5.41) is 14.0. The number of aryl methyl sites for hydroxylation is 1. The number of pyridine rings is 1. The molecule has 4 aromatic heterocycles. The fourth-order valence-corrected chi connectivity index (χ4v) is 7.54. The van der Waals surface area contributed by atoms with Crippen molar-refractivity contribution in [3.05, 3.63) is 128 Å². The highest BCUT2D eigenvalue weighted by Gasteiger charge is 2.39. The number of fused-ring (bicyclic) bond motifs is 3. The molecule has 7 aromatic rings. The van der Waals surface area contributed by atoms with Crippen LogP contribution >= 0.6 is 23.2 Å². The van der Waals surface area contributed by atoms with Crippen LogP contribution in [0.5, 0.6) is 0 Å². The third kappa shape index (κ3) is 4.56. The average molecular weight is 703 g/mol. The first-order valence-electron chi connectivity index (χ1n) is 15.8. The lowest BCUT2D eigenvalue weighted by Gasteiger charge is -2.17. The predicted molar refractivity (Wildman–Crippen MR) is 188 cm³/mol. The number of nitrogens with zero attached hydrogens (tertiary/aromatic N) is 8. The third-order valence-electron chi connectivity index (χ3n) is 9.50. The quantitative estimate of drug-likeness (QED) is 0.209. The van der Waals surface area contributed by atoms with E-state index in [0.29, 0.717) is 45.0 Å². The lowest BCUT2D eigenvalue weighted by Crippen LogP contribution is -2.30. The van der Waals surface area contributed by atoms with Gasteiger partial charge in [0, 0.05) is 40.3 Å². The Balaban J connectivity index is 1.05. The zero-order valence-electron chi connectivity index (χ0n) is 26.5. The molecule has 0 spiro atoms. The molecule has 14 heteroatoms. The normalized spacial score (nSPS) is 16.8. The number of hydrogen-bond donors (Lipinski definition) is 1. The minimum atomic E-state index is -0.394. The highest BCUT2D eigenvalue weighted by molar-refractivity contribution is 6.35. The van der Waals surface area contributed by atoms with E-state index >= 15 is 0 Å². The average Bonchev–Trinajstić information content (AvgIpc) is 3.93.